The Labute approximate surface area is 178 Å². The highest BCUT2D eigenvalue weighted by Gasteiger charge is 2.23. The fourth-order valence-electron chi connectivity index (χ4n) is 2.86. The van der Waals surface area contributed by atoms with Gasteiger partial charge >= 0.3 is 11.8 Å². The summed E-state index contributed by atoms with van der Waals surface area (Å²) in [5.41, 5.74) is 2.04. The molecule has 1 aliphatic rings. The highest BCUT2D eigenvalue weighted by molar-refractivity contribution is 6.39. The molecule has 0 saturated carbocycles. The zero-order valence-corrected chi connectivity index (χ0v) is 17.4. The lowest BCUT2D eigenvalue weighted by Gasteiger charge is -2.13. The predicted octanol–water partition coefficient (Wildman–Crippen LogP) is 1.26. The summed E-state index contributed by atoms with van der Waals surface area (Å²) in [7, 11) is 1.57. The van der Waals surface area contributed by atoms with Crippen LogP contribution in [0, 0.1) is 6.92 Å². The van der Waals surface area contributed by atoms with Crippen LogP contribution in [0.1, 0.15) is 18.2 Å². The fourth-order valence-corrected chi connectivity index (χ4v) is 2.86. The van der Waals surface area contributed by atoms with Crippen LogP contribution in [0.4, 0.5) is 5.82 Å². The lowest BCUT2D eigenvalue weighted by Crippen LogP contribution is -2.37. The number of aromatic nitrogens is 2. The van der Waals surface area contributed by atoms with E-state index in [0.29, 0.717) is 23.6 Å². The number of ether oxygens (including phenoxy) is 1. The smallest absolute Gasteiger partial charge is 0.314 e. The number of carbonyl (C=O) groups is 3. The molecule has 0 spiro atoms. The van der Waals surface area contributed by atoms with Crippen LogP contribution >= 0.6 is 0 Å². The summed E-state index contributed by atoms with van der Waals surface area (Å²) in [5.74, 6) is -1.37. The van der Waals surface area contributed by atoms with Gasteiger partial charge in [-0.25, -0.2) is 4.99 Å². The molecule has 2 N–H and O–H groups in total. The van der Waals surface area contributed by atoms with Crippen molar-refractivity contribution in [2.24, 2.45) is 9.98 Å². The number of rotatable bonds is 5. The maximum Gasteiger partial charge on any atom is 0.314 e. The van der Waals surface area contributed by atoms with Crippen molar-refractivity contribution in [2.45, 2.75) is 20.3 Å². The Morgan fingerprint density at radius 1 is 1.16 bits per heavy atom. The van der Waals surface area contributed by atoms with E-state index in [1.807, 2.05) is 24.3 Å². The molecule has 0 aliphatic carbocycles. The van der Waals surface area contributed by atoms with Gasteiger partial charge < -0.3 is 15.4 Å². The molecule has 1 aliphatic heterocycles. The van der Waals surface area contributed by atoms with E-state index in [0.717, 1.165) is 5.56 Å². The Bertz CT molecular complexity index is 1130. The van der Waals surface area contributed by atoms with Gasteiger partial charge in [-0.15, -0.1) is 0 Å². The molecule has 0 saturated heterocycles. The minimum Gasteiger partial charge on any atom is -0.496 e. The number of aliphatic imine (C=N–C) groups is 2. The number of hydrogen-bond acceptors (Lipinski definition) is 6. The predicted molar refractivity (Wildman–Crippen MR) is 115 cm³/mol. The van der Waals surface area contributed by atoms with Gasteiger partial charge in [-0.1, -0.05) is 24.8 Å². The van der Waals surface area contributed by atoms with E-state index in [1.54, 1.807) is 27.0 Å². The number of aryl methyl sites for hydroxylation is 1. The van der Waals surface area contributed by atoms with Crippen LogP contribution in [0.5, 0.6) is 5.75 Å². The topological polar surface area (TPSA) is 127 Å². The van der Waals surface area contributed by atoms with Crippen molar-refractivity contribution in [1.29, 1.82) is 0 Å². The maximum atomic E-state index is 12.4. The van der Waals surface area contributed by atoms with Gasteiger partial charge in [0.25, 0.3) is 11.9 Å². The van der Waals surface area contributed by atoms with Crippen molar-refractivity contribution in [3.8, 4) is 5.75 Å². The van der Waals surface area contributed by atoms with Gasteiger partial charge in [0.2, 0.25) is 0 Å². The number of amides is 3. The molecular weight excluding hydrogens is 400 g/mol. The molecular formula is C21H22N6O4. The van der Waals surface area contributed by atoms with Crippen LogP contribution < -0.4 is 15.4 Å². The normalized spacial score (nSPS) is 13.4. The highest BCUT2D eigenvalue weighted by atomic mass is 16.5. The molecule has 31 heavy (non-hydrogen) atoms. The minimum absolute atomic E-state index is 0.0186. The van der Waals surface area contributed by atoms with Crippen LogP contribution in [0.2, 0.25) is 0 Å². The van der Waals surface area contributed by atoms with Crippen molar-refractivity contribution in [3.63, 3.8) is 0 Å². The summed E-state index contributed by atoms with van der Waals surface area (Å²) in [6, 6.07) is 8.97. The second-order valence-electron chi connectivity index (χ2n) is 6.75. The van der Waals surface area contributed by atoms with Crippen molar-refractivity contribution in [3.05, 3.63) is 53.7 Å². The van der Waals surface area contributed by atoms with Crippen molar-refractivity contribution >= 4 is 35.2 Å². The third-order valence-corrected chi connectivity index (χ3v) is 4.51. The van der Waals surface area contributed by atoms with Crippen LogP contribution in [0.25, 0.3) is 0 Å². The molecule has 0 bridgehead atoms. The molecule has 1 aromatic carbocycles. The number of methoxy groups -OCH3 is 1. The van der Waals surface area contributed by atoms with E-state index in [2.05, 4.69) is 32.3 Å². The van der Waals surface area contributed by atoms with E-state index in [1.165, 1.54) is 4.68 Å². The Kier molecular flexibility index (Phi) is 6.39. The summed E-state index contributed by atoms with van der Waals surface area (Å²) in [5, 5.41) is 9.25. The summed E-state index contributed by atoms with van der Waals surface area (Å²) in [6.07, 6.45) is 0.497. The number of hydrogen-bond donors (Lipinski definition) is 2. The number of nitrogens with zero attached hydrogens (tertiary/aromatic N) is 4. The SMILES string of the molecule is C=C1C(=O)N=C(n2nc(C)cc2NC(=O)C(=O)NCCc2ccccc2OC)N=C1C. The van der Waals surface area contributed by atoms with E-state index in [-0.39, 0.29) is 23.9 Å². The first-order valence-electron chi connectivity index (χ1n) is 9.46. The first kappa shape index (κ1) is 21.6. The molecule has 0 atom stereocenters. The molecule has 3 amide bonds. The van der Waals surface area contributed by atoms with Gasteiger partial charge in [-0.3, -0.25) is 14.4 Å². The molecule has 3 rings (SSSR count). The van der Waals surface area contributed by atoms with Crippen LogP contribution in [-0.2, 0) is 20.8 Å². The van der Waals surface area contributed by atoms with Gasteiger partial charge in [0.15, 0.2) is 0 Å². The Hall–Kier alpha value is -4.08. The molecule has 2 heterocycles. The van der Waals surface area contributed by atoms with E-state index in [4.69, 9.17) is 4.74 Å². The van der Waals surface area contributed by atoms with E-state index >= 15 is 0 Å². The Morgan fingerprint density at radius 2 is 1.90 bits per heavy atom. The zero-order chi connectivity index (χ0) is 22.5. The third kappa shape index (κ3) is 4.92. The maximum absolute atomic E-state index is 12.4. The zero-order valence-electron chi connectivity index (χ0n) is 17.4. The monoisotopic (exact) mass is 422 g/mol. The molecule has 2 aromatic rings. The Morgan fingerprint density at radius 3 is 2.61 bits per heavy atom. The lowest BCUT2D eigenvalue weighted by molar-refractivity contribution is -0.136. The molecule has 160 valence electrons. The summed E-state index contributed by atoms with van der Waals surface area (Å²) in [6.45, 7) is 7.18. The minimum atomic E-state index is -0.881. The number of anilines is 1. The van der Waals surface area contributed by atoms with Crippen LogP contribution in [-0.4, -0.2) is 52.8 Å². The average molecular weight is 422 g/mol. The first-order valence-corrected chi connectivity index (χ1v) is 9.46. The van der Waals surface area contributed by atoms with Gasteiger partial charge in [-0.2, -0.15) is 14.8 Å². The largest absolute Gasteiger partial charge is 0.496 e. The summed E-state index contributed by atoms with van der Waals surface area (Å²) in [4.78, 5) is 44.6. The van der Waals surface area contributed by atoms with E-state index in [9.17, 15) is 14.4 Å². The quantitative estimate of drug-likeness (QED) is 0.554. The fraction of sp³-hybridized carbons (Fsp3) is 0.238. The van der Waals surface area contributed by atoms with Crippen molar-refractivity contribution < 1.29 is 19.1 Å². The second-order valence-corrected chi connectivity index (χ2v) is 6.75. The number of nitrogens with one attached hydrogen (secondary N) is 2. The standard InChI is InChI=1S/C21H22N6O4/c1-12-11-17(27(26-12)21-23-14(3)13(2)18(28)25-21)24-20(30)19(29)22-10-9-15-7-5-6-8-16(15)31-4/h5-8,11H,2,9-10H2,1,3-4H3,(H,22,29)(H,24,30). The molecule has 1 aromatic heterocycles. The number of carbonyl (C=O) groups excluding carboxylic acids is 3. The average Bonchev–Trinajstić information content (AvgIpc) is 3.11. The Balaban J connectivity index is 1.66. The van der Waals surface area contributed by atoms with Crippen molar-refractivity contribution in [1.82, 2.24) is 15.1 Å². The summed E-state index contributed by atoms with van der Waals surface area (Å²) >= 11 is 0. The van der Waals surface area contributed by atoms with Gasteiger partial charge in [0, 0.05) is 12.6 Å². The molecule has 10 heteroatoms. The van der Waals surface area contributed by atoms with Gasteiger partial charge in [0.05, 0.1) is 24.1 Å². The van der Waals surface area contributed by atoms with Gasteiger partial charge in [0.1, 0.15) is 11.6 Å². The van der Waals surface area contributed by atoms with Crippen molar-refractivity contribution in [2.75, 3.05) is 19.0 Å². The second kappa shape index (κ2) is 9.16. The highest BCUT2D eigenvalue weighted by Crippen LogP contribution is 2.17. The van der Waals surface area contributed by atoms with Crippen LogP contribution in [0.3, 0.4) is 0 Å². The lowest BCUT2D eigenvalue weighted by atomic mass is 10.1. The number of benzene rings is 1. The summed E-state index contributed by atoms with van der Waals surface area (Å²) < 4.78 is 6.47. The molecule has 10 nitrogen and oxygen atoms in total. The van der Waals surface area contributed by atoms with E-state index < -0.39 is 17.7 Å². The van der Waals surface area contributed by atoms with Gasteiger partial charge in [-0.05, 0) is 31.9 Å². The molecule has 0 unspecified atom stereocenters. The first-order chi connectivity index (χ1) is 14.8. The molecule has 0 radical (unpaired) electrons. The van der Waals surface area contributed by atoms with Crippen LogP contribution in [0.15, 0.2) is 52.5 Å². The third-order valence-electron chi connectivity index (χ3n) is 4.51. The number of para-hydroxylation sites is 1. The molecule has 0 fully saturated rings.